The van der Waals surface area contributed by atoms with E-state index in [2.05, 4.69) is 15.1 Å². The Hall–Kier alpha value is -1.53. The van der Waals surface area contributed by atoms with Crippen LogP contribution < -0.4 is 14.8 Å². The number of thiocarbonyl (C=S) groups is 1. The summed E-state index contributed by atoms with van der Waals surface area (Å²) < 4.78 is 10.7. The van der Waals surface area contributed by atoms with Gasteiger partial charge in [0.15, 0.2) is 5.11 Å². The van der Waals surface area contributed by atoms with Gasteiger partial charge in [0.05, 0.1) is 19.9 Å². The van der Waals surface area contributed by atoms with Crippen molar-refractivity contribution in [2.75, 3.05) is 45.7 Å². The van der Waals surface area contributed by atoms with Gasteiger partial charge in [-0.1, -0.05) is 19.3 Å². The zero-order chi connectivity index (χ0) is 17.6. The molecule has 0 unspecified atom stereocenters. The van der Waals surface area contributed by atoms with Gasteiger partial charge in [0, 0.05) is 38.3 Å². The smallest absolute Gasteiger partial charge is 0.173 e. The standard InChI is InChI=1S/C19H29N3O2S/c1-23-16-8-9-18(24-2)17(14-16)20-19(25)22-12-10-21(11-13-22)15-6-4-3-5-7-15/h8-9,14-15H,3-7,10-13H2,1-2H3,(H,20,25). The molecule has 2 fully saturated rings. The van der Waals surface area contributed by atoms with Crippen LogP contribution in [0, 0.1) is 0 Å². The van der Waals surface area contributed by atoms with E-state index in [0.29, 0.717) is 0 Å². The van der Waals surface area contributed by atoms with Crippen LogP contribution in [0.15, 0.2) is 18.2 Å². The molecule has 0 atom stereocenters. The zero-order valence-corrected chi connectivity index (χ0v) is 16.1. The van der Waals surface area contributed by atoms with E-state index in [1.807, 2.05) is 18.2 Å². The summed E-state index contributed by atoms with van der Waals surface area (Å²) in [6, 6.07) is 6.49. The van der Waals surface area contributed by atoms with E-state index in [1.54, 1.807) is 14.2 Å². The number of rotatable bonds is 4. The molecule has 1 saturated heterocycles. The molecule has 138 valence electrons. The topological polar surface area (TPSA) is 37.0 Å². The van der Waals surface area contributed by atoms with Gasteiger partial charge in [0.25, 0.3) is 0 Å². The molecule has 5 nitrogen and oxygen atoms in total. The van der Waals surface area contributed by atoms with E-state index in [4.69, 9.17) is 21.7 Å². The maximum atomic E-state index is 5.64. The first-order chi connectivity index (χ1) is 12.2. The summed E-state index contributed by atoms with van der Waals surface area (Å²) in [5.74, 6) is 1.55. The molecule has 1 aromatic carbocycles. The molecule has 25 heavy (non-hydrogen) atoms. The summed E-state index contributed by atoms with van der Waals surface area (Å²) >= 11 is 5.64. The van der Waals surface area contributed by atoms with E-state index in [-0.39, 0.29) is 0 Å². The fourth-order valence-electron chi connectivity index (χ4n) is 3.84. The van der Waals surface area contributed by atoms with E-state index >= 15 is 0 Å². The van der Waals surface area contributed by atoms with Crippen LogP contribution in [-0.4, -0.2) is 61.4 Å². The first-order valence-corrected chi connectivity index (χ1v) is 9.64. The fourth-order valence-corrected chi connectivity index (χ4v) is 4.13. The van der Waals surface area contributed by atoms with Crippen molar-refractivity contribution in [1.29, 1.82) is 0 Å². The first kappa shape index (κ1) is 18.3. The molecule has 1 aliphatic heterocycles. The number of nitrogens with one attached hydrogen (secondary N) is 1. The Morgan fingerprint density at radius 2 is 1.76 bits per heavy atom. The largest absolute Gasteiger partial charge is 0.497 e. The van der Waals surface area contributed by atoms with E-state index in [0.717, 1.165) is 54.5 Å². The predicted octanol–water partition coefficient (Wildman–Crippen LogP) is 3.35. The number of benzene rings is 1. The number of hydrogen-bond acceptors (Lipinski definition) is 4. The van der Waals surface area contributed by atoms with Crippen LogP contribution in [0.4, 0.5) is 5.69 Å². The van der Waals surface area contributed by atoms with Gasteiger partial charge in [-0.15, -0.1) is 0 Å². The molecular formula is C19H29N3O2S. The number of hydrogen-bond donors (Lipinski definition) is 1. The second-order valence-electron chi connectivity index (χ2n) is 6.81. The minimum atomic E-state index is 0.759. The van der Waals surface area contributed by atoms with Crippen molar-refractivity contribution in [3.63, 3.8) is 0 Å². The third kappa shape index (κ3) is 4.55. The third-order valence-electron chi connectivity index (χ3n) is 5.34. The summed E-state index contributed by atoms with van der Waals surface area (Å²) in [6.45, 7) is 4.16. The molecule has 0 aromatic heterocycles. The van der Waals surface area contributed by atoms with Crippen molar-refractivity contribution in [2.24, 2.45) is 0 Å². The Morgan fingerprint density at radius 3 is 2.40 bits per heavy atom. The van der Waals surface area contributed by atoms with E-state index < -0.39 is 0 Å². The summed E-state index contributed by atoms with van der Waals surface area (Å²) in [5, 5.41) is 4.09. The SMILES string of the molecule is COc1ccc(OC)c(NC(=S)N2CCN(C3CCCCC3)CC2)c1. The van der Waals surface area contributed by atoms with Crippen molar-refractivity contribution < 1.29 is 9.47 Å². The normalized spacial score (nSPS) is 19.5. The van der Waals surface area contributed by atoms with Crippen LogP contribution in [0.25, 0.3) is 0 Å². The molecule has 0 spiro atoms. The number of ether oxygens (including phenoxy) is 2. The average Bonchev–Trinajstić information content (AvgIpc) is 2.68. The lowest BCUT2D eigenvalue weighted by Gasteiger charge is -2.41. The Labute approximate surface area is 156 Å². The van der Waals surface area contributed by atoms with Crippen molar-refractivity contribution in [2.45, 2.75) is 38.1 Å². The number of piperazine rings is 1. The minimum Gasteiger partial charge on any atom is -0.497 e. The van der Waals surface area contributed by atoms with Gasteiger partial charge in [-0.2, -0.15) is 0 Å². The lowest BCUT2D eigenvalue weighted by molar-refractivity contribution is 0.108. The number of methoxy groups -OCH3 is 2. The van der Waals surface area contributed by atoms with E-state index in [9.17, 15) is 0 Å². The number of anilines is 1. The highest BCUT2D eigenvalue weighted by atomic mass is 32.1. The van der Waals surface area contributed by atoms with Crippen LogP contribution in [-0.2, 0) is 0 Å². The second kappa shape index (κ2) is 8.72. The molecule has 3 rings (SSSR count). The quantitative estimate of drug-likeness (QED) is 0.827. The highest BCUT2D eigenvalue weighted by Crippen LogP contribution is 2.29. The summed E-state index contributed by atoms with van der Waals surface area (Å²) in [4.78, 5) is 4.91. The molecule has 6 heteroatoms. The van der Waals surface area contributed by atoms with Gasteiger partial charge in [-0.25, -0.2) is 0 Å². The molecule has 0 bridgehead atoms. The van der Waals surface area contributed by atoms with Gasteiger partial charge in [0.1, 0.15) is 11.5 Å². The molecule has 1 aromatic rings. The van der Waals surface area contributed by atoms with Crippen LogP contribution in [0.1, 0.15) is 32.1 Å². The Kier molecular flexibility index (Phi) is 6.37. The van der Waals surface area contributed by atoms with Gasteiger partial charge < -0.3 is 19.7 Å². The van der Waals surface area contributed by atoms with Crippen LogP contribution >= 0.6 is 12.2 Å². The van der Waals surface area contributed by atoms with Crippen LogP contribution in [0.2, 0.25) is 0 Å². The predicted molar refractivity (Wildman–Crippen MR) is 106 cm³/mol. The Morgan fingerprint density at radius 1 is 1.04 bits per heavy atom. The van der Waals surface area contributed by atoms with Crippen molar-refractivity contribution >= 4 is 23.0 Å². The molecule has 0 amide bonds. The molecule has 0 radical (unpaired) electrons. The highest BCUT2D eigenvalue weighted by Gasteiger charge is 2.26. The first-order valence-electron chi connectivity index (χ1n) is 9.23. The molecule has 1 aliphatic carbocycles. The van der Waals surface area contributed by atoms with Crippen molar-refractivity contribution in [3.05, 3.63) is 18.2 Å². The lowest BCUT2D eigenvalue weighted by atomic mass is 9.94. The van der Waals surface area contributed by atoms with E-state index in [1.165, 1.54) is 32.1 Å². The van der Waals surface area contributed by atoms with Gasteiger partial charge in [-0.3, -0.25) is 4.90 Å². The van der Waals surface area contributed by atoms with Crippen molar-refractivity contribution in [3.8, 4) is 11.5 Å². The Balaban J connectivity index is 1.56. The van der Waals surface area contributed by atoms with Crippen LogP contribution in [0.5, 0.6) is 11.5 Å². The molecule has 1 heterocycles. The molecular weight excluding hydrogens is 334 g/mol. The monoisotopic (exact) mass is 363 g/mol. The molecule has 2 aliphatic rings. The lowest BCUT2D eigenvalue weighted by Crippen LogP contribution is -2.53. The van der Waals surface area contributed by atoms with Crippen LogP contribution in [0.3, 0.4) is 0 Å². The Bertz CT molecular complexity index is 582. The van der Waals surface area contributed by atoms with Gasteiger partial charge >= 0.3 is 0 Å². The highest BCUT2D eigenvalue weighted by molar-refractivity contribution is 7.80. The van der Waals surface area contributed by atoms with Gasteiger partial charge in [-0.05, 0) is 37.2 Å². The fraction of sp³-hybridized carbons (Fsp3) is 0.632. The third-order valence-corrected chi connectivity index (χ3v) is 5.70. The van der Waals surface area contributed by atoms with Crippen molar-refractivity contribution in [1.82, 2.24) is 9.80 Å². The molecule has 1 N–H and O–H groups in total. The maximum Gasteiger partial charge on any atom is 0.173 e. The van der Waals surface area contributed by atoms with Gasteiger partial charge in [0.2, 0.25) is 0 Å². The summed E-state index contributed by atoms with van der Waals surface area (Å²) in [5.41, 5.74) is 0.849. The average molecular weight is 364 g/mol. The number of nitrogens with zero attached hydrogens (tertiary/aromatic N) is 2. The zero-order valence-electron chi connectivity index (χ0n) is 15.3. The maximum absolute atomic E-state index is 5.64. The molecule has 1 saturated carbocycles. The second-order valence-corrected chi connectivity index (χ2v) is 7.20. The summed E-state index contributed by atoms with van der Waals surface area (Å²) in [7, 11) is 3.33. The summed E-state index contributed by atoms with van der Waals surface area (Å²) in [6.07, 6.45) is 6.92. The minimum absolute atomic E-state index is 0.759.